The third-order valence-electron chi connectivity index (χ3n) is 3.66. The van der Waals surface area contributed by atoms with Gasteiger partial charge in [-0.3, -0.25) is 9.59 Å². The van der Waals surface area contributed by atoms with Crippen LogP contribution in [0.2, 0.25) is 0 Å². The lowest BCUT2D eigenvalue weighted by atomic mass is 10.1. The van der Waals surface area contributed by atoms with Gasteiger partial charge in [0.2, 0.25) is 0 Å². The Balaban J connectivity index is 2.28. The van der Waals surface area contributed by atoms with E-state index in [1.807, 2.05) is 6.92 Å². The smallest absolute Gasteiger partial charge is 0.265 e. The topological polar surface area (TPSA) is 55.8 Å². The fourth-order valence-electron chi connectivity index (χ4n) is 2.57. The summed E-state index contributed by atoms with van der Waals surface area (Å²) < 4.78 is 11.1. The van der Waals surface area contributed by atoms with Crippen LogP contribution in [0.15, 0.2) is 12.1 Å². The zero-order valence-corrected chi connectivity index (χ0v) is 13.3. The van der Waals surface area contributed by atoms with Crippen molar-refractivity contribution >= 4 is 17.9 Å². The molecule has 0 unspecified atom stereocenters. The standard InChI is InChI=1S/C17H23NO4/c1-3-5-6-7-8-18-14-9-13(11-19)10-15(21-4-2)17(14)22-12-16(18)20/h9-11H,3-8,12H2,1-2H3. The molecule has 1 aromatic rings. The summed E-state index contributed by atoms with van der Waals surface area (Å²) in [5.74, 6) is 1.00. The number of rotatable bonds is 8. The highest BCUT2D eigenvalue weighted by Gasteiger charge is 2.28. The molecule has 1 aliphatic heterocycles. The third kappa shape index (κ3) is 3.59. The van der Waals surface area contributed by atoms with E-state index in [9.17, 15) is 9.59 Å². The molecule has 22 heavy (non-hydrogen) atoms. The fourth-order valence-corrected chi connectivity index (χ4v) is 2.57. The fraction of sp³-hybridized carbons (Fsp3) is 0.529. The SMILES string of the molecule is CCCCCCN1C(=O)COc2c(OCC)cc(C=O)cc21. The van der Waals surface area contributed by atoms with Crippen LogP contribution in [0.4, 0.5) is 5.69 Å². The van der Waals surface area contributed by atoms with E-state index in [1.165, 1.54) is 0 Å². The summed E-state index contributed by atoms with van der Waals surface area (Å²) in [5, 5.41) is 0. The highest BCUT2D eigenvalue weighted by Crippen LogP contribution is 2.41. The summed E-state index contributed by atoms with van der Waals surface area (Å²) in [7, 11) is 0. The van der Waals surface area contributed by atoms with E-state index in [-0.39, 0.29) is 12.5 Å². The highest BCUT2D eigenvalue weighted by molar-refractivity contribution is 5.99. The first kappa shape index (κ1) is 16.3. The molecule has 0 saturated heterocycles. The summed E-state index contributed by atoms with van der Waals surface area (Å²) in [5.41, 5.74) is 1.12. The van der Waals surface area contributed by atoms with Crippen molar-refractivity contribution in [3.8, 4) is 11.5 Å². The molecule has 5 nitrogen and oxygen atoms in total. The van der Waals surface area contributed by atoms with E-state index in [0.29, 0.717) is 35.9 Å². The van der Waals surface area contributed by atoms with E-state index in [4.69, 9.17) is 9.47 Å². The van der Waals surface area contributed by atoms with E-state index in [0.717, 1.165) is 32.0 Å². The number of aldehydes is 1. The Kier molecular flexibility index (Phi) is 5.81. The molecule has 0 N–H and O–H groups in total. The molecule has 0 spiro atoms. The van der Waals surface area contributed by atoms with Gasteiger partial charge >= 0.3 is 0 Å². The van der Waals surface area contributed by atoms with Gasteiger partial charge in [-0.2, -0.15) is 0 Å². The molecule has 120 valence electrons. The summed E-state index contributed by atoms with van der Waals surface area (Å²) in [6, 6.07) is 3.35. The molecular weight excluding hydrogens is 282 g/mol. The molecule has 0 aliphatic carbocycles. The maximum atomic E-state index is 12.2. The molecule has 1 amide bonds. The second kappa shape index (κ2) is 7.82. The lowest BCUT2D eigenvalue weighted by Crippen LogP contribution is -2.39. The number of carbonyl (C=O) groups is 2. The number of anilines is 1. The Bertz CT molecular complexity index is 542. The van der Waals surface area contributed by atoms with Gasteiger partial charge in [-0.25, -0.2) is 0 Å². The number of carbonyl (C=O) groups excluding carboxylic acids is 2. The molecule has 2 rings (SSSR count). The number of nitrogens with zero attached hydrogens (tertiary/aromatic N) is 1. The van der Waals surface area contributed by atoms with Gasteiger partial charge in [0.05, 0.1) is 12.3 Å². The number of hydrogen-bond donors (Lipinski definition) is 0. The molecule has 1 aromatic carbocycles. The first-order valence-corrected chi connectivity index (χ1v) is 7.90. The minimum atomic E-state index is -0.0745. The molecule has 1 aliphatic rings. The minimum Gasteiger partial charge on any atom is -0.490 e. The van der Waals surface area contributed by atoms with Gasteiger partial charge in [0.25, 0.3) is 5.91 Å². The van der Waals surface area contributed by atoms with Crippen molar-refractivity contribution < 1.29 is 19.1 Å². The average Bonchev–Trinajstić information content (AvgIpc) is 2.53. The van der Waals surface area contributed by atoms with Crippen molar-refractivity contribution in [2.24, 2.45) is 0 Å². The van der Waals surface area contributed by atoms with Crippen LogP contribution in [0.25, 0.3) is 0 Å². The van der Waals surface area contributed by atoms with E-state index >= 15 is 0 Å². The first-order valence-electron chi connectivity index (χ1n) is 7.90. The molecule has 0 saturated carbocycles. The zero-order chi connectivity index (χ0) is 15.9. The number of unbranched alkanes of at least 4 members (excludes halogenated alkanes) is 3. The molecule has 0 bridgehead atoms. The van der Waals surface area contributed by atoms with Crippen LogP contribution in [0.5, 0.6) is 11.5 Å². The largest absolute Gasteiger partial charge is 0.490 e. The summed E-state index contributed by atoms with van der Waals surface area (Å²) in [6.07, 6.45) is 5.09. The normalized spacial score (nSPS) is 13.5. The Morgan fingerprint density at radius 2 is 2.09 bits per heavy atom. The van der Waals surface area contributed by atoms with Crippen LogP contribution < -0.4 is 14.4 Å². The third-order valence-corrected chi connectivity index (χ3v) is 3.66. The second-order valence-corrected chi connectivity index (χ2v) is 5.31. The van der Waals surface area contributed by atoms with Gasteiger partial charge in [0, 0.05) is 12.1 Å². The Hall–Kier alpha value is -2.04. The lowest BCUT2D eigenvalue weighted by molar-refractivity contribution is -0.121. The maximum Gasteiger partial charge on any atom is 0.265 e. The number of amides is 1. The molecule has 0 fully saturated rings. The van der Waals surface area contributed by atoms with Crippen LogP contribution in [-0.4, -0.2) is 32.0 Å². The molecule has 0 aromatic heterocycles. The monoisotopic (exact) mass is 305 g/mol. The Labute approximate surface area is 131 Å². The quantitative estimate of drug-likeness (QED) is 0.546. The van der Waals surface area contributed by atoms with Gasteiger partial charge in [-0.05, 0) is 25.5 Å². The van der Waals surface area contributed by atoms with Crippen molar-refractivity contribution in [1.29, 1.82) is 0 Å². The molecule has 0 atom stereocenters. The van der Waals surface area contributed by atoms with Crippen LogP contribution in [-0.2, 0) is 4.79 Å². The van der Waals surface area contributed by atoms with Crippen LogP contribution >= 0.6 is 0 Å². The van der Waals surface area contributed by atoms with Crippen molar-refractivity contribution in [2.75, 3.05) is 24.7 Å². The second-order valence-electron chi connectivity index (χ2n) is 5.31. The highest BCUT2D eigenvalue weighted by atomic mass is 16.5. The van der Waals surface area contributed by atoms with Gasteiger partial charge in [-0.1, -0.05) is 26.2 Å². The predicted molar refractivity (Wildman–Crippen MR) is 85.0 cm³/mol. The average molecular weight is 305 g/mol. The van der Waals surface area contributed by atoms with Crippen molar-refractivity contribution in [3.63, 3.8) is 0 Å². The van der Waals surface area contributed by atoms with Crippen LogP contribution in [0.3, 0.4) is 0 Å². The van der Waals surface area contributed by atoms with E-state index in [2.05, 4.69) is 6.92 Å². The Morgan fingerprint density at radius 1 is 1.27 bits per heavy atom. The lowest BCUT2D eigenvalue weighted by Gasteiger charge is -2.30. The number of benzene rings is 1. The summed E-state index contributed by atoms with van der Waals surface area (Å²) in [6.45, 7) is 5.16. The van der Waals surface area contributed by atoms with Crippen LogP contribution in [0.1, 0.15) is 49.9 Å². The molecule has 0 radical (unpaired) electrons. The van der Waals surface area contributed by atoms with Crippen molar-refractivity contribution in [2.45, 2.75) is 39.5 Å². The molecule has 5 heteroatoms. The van der Waals surface area contributed by atoms with Gasteiger partial charge < -0.3 is 14.4 Å². The minimum absolute atomic E-state index is 0.0152. The van der Waals surface area contributed by atoms with Crippen LogP contribution in [0, 0.1) is 0 Å². The first-order chi connectivity index (χ1) is 10.7. The number of ether oxygens (including phenoxy) is 2. The summed E-state index contributed by atoms with van der Waals surface area (Å²) in [4.78, 5) is 25.0. The Morgan fingerprint density at radius 3 is 2.77 bits per heavy atom. The number of fused-ring (bicyclic) bond motifs is 1. The van der Waals surface area contributed by atoms with Gasteiger partial charge in [-0.15, -0.1) is 0 Å². The zero-order valence-electron chi connectivity index (χ0n) is 13.3. The van der Waals surface area contributed by atoms with Gasteiger partial charge in [0.1, 0.15) is 6.29 Å². The van der Waals surface area contributed by atoms with E-state index < -0.39 is 0 Å². The maximum absolute atomic E-state index is 12.2. The number of hydrogen-bond acceptors (Lipinski definition) is 4. The molecular formula is C17H23NO4. The predicted octanol–water partition coefficient (Wildman–Crippen LogP) is 3.20. The van der Waals surface area contributed by atoms with Crippen molar-refractivity contribution in [3.05, 3.63) is 17.7 Å². The molecule has 1 heterocycles. The van der Waals surface area contributed by atoms with Crippen molar-refractivity contribution in [1.82, 2.24) is 0 Å². The summed E-state index contributed by atoms with van der Waals surface area (Å²) >= 11 is 0. The van der Waals surface area contributed by atoms with E-state index in [1.54, 1.807) is 17.0 Å². The van der Waals surface area contributed by atoms with Gasteiger partial charge in [0.15, 0.2) is 18.1 Å².